The largest absolute Gasteiger partial charge is 0.490 e. The Morgan fingerprint density at radius 2 is 1.84 bits per heavy atom. The number of hydrogen-bond donors (Lipinski definition) is 1. The van der Waals surface area contributed by atoms with Crippen LogP contribution in [0, 0.1) is 11.3 Å². The minimum atomic E-state index is 0.617. The van der Waals surface area contributed by atoms with E-state index >= 15 is 0 Å². The van der Waals surface area contributed by atoms with Gasteiger partial charge in [0.1, 0.15) is 0 Å². The van der Waals surface area contributed by atoms with Gasteiger partial charge >= 0.3 is 0 Å². The highest BCUT2D eigenvalue weighted by Crippen LogP contribution is 2.30. The molecule has 1 rings (SSSR count). The summed E-state index contributed by atoms with van der Waals surface area (Å²) in [5.74, 6) is 1.55. The summed E-state index contributed by atoms with van der Waals surface area (Å²) in [6.07, 6.45) is 2.54. The molecule has 0 aliphatic carbocycles. The Hall–Kier alpha value is -1.89. The summed E-state index contributed by atoms with van der Waals surface area (Å²) in [5.41, 5.74) is 1.02. The van der Waals surface area contributed by atoms with Crippen LogP contribution in [0.15, 0.2) is 18.2 Å². The third-order valence-electron chi connectivity index (χ3n) is 2.59. The van der Waals surface area contributed by atoms with Gasteiger partial charge in [-0.1, -0.05) is 0 Å². The fourth-order valence-corrected chi connectivity index (χ4v) is 1.72. The molecule has 4 heteroatoms. The summed E-state index contributed by atoms with van der Waals surface area (Å²) in [5, 5.41) is 11.8. The lowest BCUT2D eigenvalue weighted by Gasteiger charge is -2.13. The molecule has 19 heavy (non-hydrogen) atoms. The Labute approximate surface area is 115 Å². The van der Waals surface area contributed by atoms with Gasteiger partial charge in [0.25, 0.3) is 0 Å². The molecule has 0 aliphatic heterocycles. The van der Waals surface area contributed by atoms with E-state index in [1.165, 1.54) is 0 Å². The van der Waals surface area contributed by atoms with Crippen molar-refractivity contribution in [1.29, 1.82) is 5.26 Å². The first kappa shape index (κ1) is 15.2. The second kappa shape index (κ2) is 9.09. The van der Waals surface area contributed by atoms with Crippen molar-refractivity contribution in [2.75, 3.05) is 25.1 Å². The maximum absolute atomic E-state index is 8.46. The van der Waals surface area contributed by atoms with Crippen LogP contribution in [-0.4, -0.2) is 19.8 Å². The van der Waals surface area contributed by atoms with Gasteiger partial charge in [-0.15, -0.1) is 0 Å². The van der Waals surface area contributed by atoms with Crippen LogP contribution in [0.3, 0.4) is 0 Å². The first-order valence-electron chi connectivity index (χ1n) is 6.82. The van der Waals surface area contributed by atoms with Gasteiger partial charge in [0.05, 0.1) is 19.3 Å². The molecule has 0 spiro atoms. The van der Waals surface area contributed by atoms with Gasteiger partial charge in [-0.25, -0.2) is 0 Å². The lowest BCUT2D eigenvalue weighted by atomic mass is 10.2. The minimum Gasteiger partial charge on any atom is -0.490 e. The van der Waals surface area contributed by atoms with E-state index in [2.05, 4.69) is 11.4 Å². The zero-order chi connectivity index (χ0) is 13.9. The molecule has 104 valence electrons. The number of benzene rings is 1. The normalized spacial score (nSPS) is 9.74. The van der Waals surface area contributed by atoms with Crippen molar-refractivity contribution in [2.45, 2.75) is 33.1 Å². The summed E-state index contributed by atoms with van der Waals surface area (Å²) in [4.78, 5) is 0. The van der Waals surface area contributed by atoms with E-state index in [4.69, 9.17) is 14.7 Å². The SMILES string of the molecule is CCOc1ccc(NCCCCC#N)cc1OCC. The van der Waals surface area contributed by atoms with Gasteiger partial charge in [-0.2, -0.15) is 5.26 Å². The van der Waals surface area contributed by atoms with E-state index in [1.54, 1.807) is 0 Å². The fraction of sp³-hybridized carbons (Fsp3) is 0.533. The zero-order valence-electron chi connectivity index (χ0n) is 11.7. The van der Waals surface area contributed by atoms with Gasteiger partial charge in [-0.05, 0) is 38.8 Å². The molecular formula is C15H22N2O2. The molecular weight excluding hydrogens is 240 g/mol. The predicted molar refractivity (Wildman–Crippen MR) is 76.7 cm³/mol. The summed E-state index contributed by atoms with van der Waals surface area (Å²) < 4.78 is 11.1. The average molecular weight is 262 g/mol. The number of nitrogens with one attached hydrogen (secondary N) is 1. The number of rotatable bonds is 9. The van der Waals surface area contributed by atoms with Crippen molar-refractivity contribution >= 4 is 5.69 Å². The van der Waals surface area contributed by atoms with Crippen molar-refractivity contribution in [3.63, 3.8) is 0 Å². The first-order valence-corrected chi connectivity index (χ1v) is 6.82. The summed E-state index contributed by atoms with van der Waals surface area (Å²) in [7, 11) is 0. The lowest BCUT2D eigenvalue weighted by Crippen LogP contribution is -2.03. The van der Waals surface area contributed by atoms with E-state index in [1.807, 2.05) is 32.0 Å². The third-order valence-corrected chi connectivity index (χ3v) is 2.59. The number of anilines is 1. The first-order chi connectivity index (χ1) is 9.31. The second-order valence-corrected chi connectivity index (χ2v) is 4.07. The molecule has 0 atom stereocenters. The molecule has 0 heterocycles. The smallest absolute Gasteiger partial charge is 0.163 e. The predicted octanol–water partition coefficient (Wildman–Crippen LogP) is 3.59. The molecule has 0 unspecified atom stereocenters. The molecule has 1 aromatic rings. The highest BCUT2D eigenvalue weighted by molar-refractivity contribution is 5.54. The molecule has 0 fully saturated rings. The standard InChI is InChI=1S/C15H22N2O2/c1-3-18-14-9-8-13(12-15(14)19-4-2)17-11-7-5-6-10-16/h8-9,12,17H,3-7,11H2,1-2H3. The van der Waals surface area contributed by atoms with Crippen LogP contribution in [0.25, 0.3) is 0 Å². The lowest BCUT2D eigenvalue weighted by molar-refractivity contribution is 0.288. The number of unbranched alkanes of at least 4 members (excludes halogenated alkanes) is 2. The average Bonchev–Trinajstić information content (AvgIpc) is 2.42. The van der Waals surface area contributed by atoms with Crippen LogP contribution in [-0.2, 0) is 0 Å². The van der Waals surface area contributed by atoms with Crippen molar-refractivity contribution in [1.82, 2.24) is 0 Å². The number of hydrogen-bond acceptors (Lipinski definition) is 4. The van der Waals surface area contributed by atoms with Crippen LogP contribution in [0.1, 0.15) is 33.1 Å². The van der Waals surface area contributed by atoms with E-state index in [9.17, 15) is 0 Å². The number of nitrogens with zero attached hydrogens (tertiary/aromatic N) is 1. The molecule has 1 aromatic carbocycles. The van der Waals surface area contributed by atoms with Crippen molar-refractivity contribution in [3.05, 3.63) is 18.2 Å². The Kier molecular flexibility index (Phi) is 7.26. The van der Waals surface area contributed by atoms with Gasteiger partial charge in [-0.3, -0.25) is 0 Å². The Morgan fingerprint density at radius 3 is 2.53 bits per heavy atom. The van der Waals surface area contributed by atoms with Gasteiger partial charge < -0.3 is 14.8 Å². The summed E-state index contributed by atoms with van der Waals surface area (Å²) >= 11 is 0. The Balaban J connectivity index is 2.54. The van der Waals surface area contributed by atoms with Crippen molar-refractivity contribution in [3.8, 4) is 17.6 Å². The summed E-state index contributed by atoms with van der Waals surface area (Å²) in [6, 6.07) is 8.01. The van der Waals surface area contributed by atoms with Gasteiger partial charge in [0.15, 0.2) is 11.5 Å². The highest BCUT2D eigenvalue weighted by atomic mass is 16.5. The van der Waals surface area contributed by atoms with E-state index in [0.717, 1.165) is 36.6 Å². The molecule has 0 saturated carbocycles. The topological polar surface area (TPSA) is 54.3 Å². The van der Waals surface area contributed by atoms with Crippen molar-refractivity contribution < 1.29 is 9.47 Å². The number of ether oxygens (including phenoxy) is 2. The second-order valence-electron chi connectivity index (χ2n) is 4.07. The maximum atomic E-state index is 8.46. The Morgan fingerprint density at radius 1 is 1.11 bits per heavy atom. The van der Waals surface area contributed by atoms with Crippen LogP contribution in [0.5, 0.6) is 11.5 Å². The zero-order valence-corrected chi connectivity index (χ0v) is 11.7. The number of nitriles is 1. The fourth-order valence-electron chi connectivity index (χ4n) is 1.72. The van der Waals surface area contributed by atoms with Gasteiger partial charge in [0.2, 0.25) is 0 Å². The maximum Gasteiger partial charge on any atom is 0.163 e. The molecule has 4 nitrogen and oxygen atoms in total. The minimum absolute atomic E-state index is 0.617. The Bertz CT molecular complexity index is 413. The van der Waals surface area contributed by atoms with E-state index < -0.39 is 0 Å². The van der Waals surface area contributed by atoms with Crippen LogP contribution in [0.2, 0.25) is 0 Å². The van der Waals surface area contributed by atoms with Crippen LogP contribution >= 0.6 is 0 Å². The molecule has 0 amide bonds. The van der Waals surface area contributed by atoms with E-state index in [-0.39, 0.29) is 0 Å². The quantitative estimate of drug-likeness (QED) is 0.691. The molecule has 0 radical (unpaired) electrons. The molecule has 0 aliphatic rings. The molecule has 0 bridgehead atoms. The third kappa shape index (κ3) is 5.52. The summed E-state index contributed by atoms with van der Waals surface area (Å²) in [6.45, 7) is 6.02. The van der Waals surface area contributed by atoms with Gasteiger partial charge in [0, 0.05) is 24.7 Å². The molecule has 0 aromatic heterocycles. The molecule has 0 saturated heterocycles. The monoisotopic (exact) mass is 262 g/mol. The van der Waals surface area contributed by atoms with Crippen molar-refractivity contribution in [2.24, 2.45) is 0 Å². The van der Waals surface area contributed by atoms with Crippen LogP contribution < -0.4 is 14.8 Å². The molecule has 1 N–H and O–H groups in total. The highest BCUT2D eigenvalue weighted by Gasteiger charge is 2.05. The van der Waals surface area contributed by atoms with E-state index in [0.29, 0.717) is 19.6 Å². The van der Waals surface area contributed by atoms with Crippen LogP contribution in [0.4, 0.5) is 5.69 Å².